The minimum absolute atomic E-state index is 0.312. The van der Waals surface area contributed by atoms with Crippen molar-refractivity contribution in [1.29, 1.82) is 0 Å². The Labute approximate surface area is 163 Å². The van der Waals surface area contributed by atoms with E-state index in [9.17, 15) is 4.79 Å². The normalized spacial score (nSPS) is 12.3. The molecule has 2 aromatic carbocycles. The zero-order valence-electron chi connectivity index (χ0n) is 16.8. The molecule has 0 aliphatic heterocycles. The van der Waals surface area contributed by atoms with Crippen LogP contribution < -0.4 is 0 Å². The molecule has 0 aliphatic rings. The Morgan fingerprint density at radius 1 is 0.852 bits per heavy atom. The van der Waals surface area contributed by atoms with E-state index in [2.05, 4.69) is 26.0 Å². The molecule has 3 heteroatoms. The Morgan fingerprint density at radius 2 is 1.41 bits per heavy atom. The molecule has 0 saturated carbocycles. The molecule has 0 fully saturated rings. The summed E-state index contributed by atoms with van der Waals surface area (Å²) in [6.45, 7) is 8.36. The van der Waals surface area contributed by atoms with Crippen LogP contribution >= 0.6 is 0 Å². The highest BCUT2D eigenvalue weighted by molar-refractivity contribution is 5.96. The first-order valence-electron chi connectivity index (χ1n) is 9.82. The molecular formula is C24H30O3. The average Bonchev–Trinajstić information content (AvgIpc) is 2.73. The van der Waals surface area contributed by atoms with E-state index >= 15 is 0 Å². The fraction of sp³-hybridized carbons (Fsp3) is 0.375. The van der Waals surface area contributed by atoms with E-state index in [1.165, 1.54) is 0 Å². The zero-order chi connectivity index (χ0) is 19.7. The number of hydrogen-bond donors (Lipinski definition) is 0. The Hall–Kier alpha value is -2.55. The van der Waals surface area contributed by atoms with Crippen LogP contribution in [0.2, 0.25) is 0 Å². The molecule has 0 spiro atoms. The molecule has 0 radical (unpaired) electrons. The van der Waals surface area contributed by atoms with E-state index in [1.807, 2.05) is 62.4 Å². The fourth-order valence-electron chi connectivity index (χ4n) is 3.30. The maximum atomic E-state index is 12.6. The SMILES string of the molecule is CCOC(=O)C(CC)=C(OC(CC)(CC)c1ccccc1)c1ccccc1. The first-order chi connectivity index (χ1) is 13.1. The Kier molecular flexibility index (Phi) is 7.66. The maximum absolute atomic E-state index is 12.6. The summed E-state index contributed by atoms with van der Waals surface area (Å²) in [5.41, 5.74) is 2.08. The van der Waals surface area contributed by atoms with Gasteiger partial charge < -0.3 is 9.47 Å². The van der Waals surface area contributed by atoms with Crippen molar-refractivity contribution in [3.8, 4) is 0 Å². The van der Waals surface area contributed by atoms with Crippen molar-refractivity contribution < 1.29 is 14.3 Å². The number of carbonyl (C=O) groups excluding carboxylic acids is 1. The third-order valence-electron chi connectivity index (χ3n) is 4.92. The quantitative estimate of drug-likeness (QED) is 0.305. The van der Waals surface area contributed by atoms with E-state index in [1.54, 1.807) is 0 Å². The van der Waals surface area contributed by atoms with Gasteiger partial charge in [-0.25, -0.2) is 4.79 Å². The number of carbonyl (C=O) groups is 1. The van der Waals surface area contributed by atoms with Gasteiger partial charge in [0.15, 0.2) is 0 Å². The lowest BCUT2D eigenvalue weighted by atomic mass is 9.87. The fourth-order valence-corrected chi connectivity index (χ4v) is 3.30. The summed E-state index contributed by atoms with van der Waals surface area (Å²) in [6, 6.07) is 20.1. The van der Waals surface area contributed by atoms with E-state index in [-0.39, 0.29) is 5.97 Å². The molecule has 144 valence electrons. The number of benzene rings is 2. The molecule has 0 atom stereocenters. The maximum Gasteiger partial charge on any atom is 0.337 e. The van der Waals surface area contributed by atoms with Crippen molar-refractivity contribution in [3.63, 3.8) is 0 Å². The van der Waals surface area contributed by atoms with Crippen LogP contribution in [0.5, 0.6) is 0 Å². The molecular weight excluding hydrogens is 336 g/mol. The van der Waals surface area contributed by atoms with Gasteiger partial charge in [0.1, 0.15) is 11.4 Å². The summed E-state index contributed by atoms with van der Waals surface area (Å²) in [4.78, 5) is 12.6. The van der Waals surface area contributed by atoms with Gasteiger partial charge >= 0.3 is 5.97 Å². The topological polar surface area (TPSA) is 35.5 Å². The van der Waals surface area contributed by atoms with Gasteiger partial charge in [0.25, 0.3) is 0 Å². The van der Waals surface area contributed by atoms with Crippen LogP contribution in [-0.2, 0) is 19.9 Å². The van der Waals surface area contributed by atoms with E-state index in [0.717, 1.165) is 24.0 Å². The highest BCUT2D eigenvalue weighted by Gasteiger charge is 2.33. The summed E-state index contributed by atoms with van der Waals surface area (Å²) in [5.74, 6) is 0.303. The minimum atomic E-state index is -0.501. The Bertz CT molecular complexity index is 744. The van der Waals surface area contributed by atoms with Gasteiger partial charge in [-0.15, -0.1) is 0 Å². The molecule has 3 nitrogen and oxygen atoms in total. The van der Waals surface area contributed by atoms with Gasteiger partial charge in [-0.2, -0.15) is 0 Å². The van der Waals surface area contributed by atoms with Crippen LogP contribution in [0, 0.1) is 0 Å². The Morgan fingerprint density at radius 3 is 1.89 bits per heavy atom. The third-order valence-corrected chi connectivity index (χ3v) is 4.92. The predicted octanol–water partition coefficient (Wildman–Crippen LogP) is 6.10. The number of ether oxygens (including phenoxy) is 2. The molecule has 27 heavy (non-hydrogen) atoms. The van der Waals surface area contributed by atoms with Crippen molar-refractivity contribution in [2.45, 2.75) is 52.6 Å². The average molecular weight is 367 g/mol. The van der Waals surface area contributed by atoms with Crippen molar-refractivity contribution in [2.24, 2.45) is 0 Å². The summed E-state index contributed by atoms with van der Waals surface area (Å²) in [5, 5.41) is 0. The molecule has 0 bridgehead atoms. The molecule has 0 heterocycles. The van der Waals surface area contributed by atoms with Crippen LogP contribution in [0.25, 0.3) is 5.76 Å². The van der Waals surface area contributed by atoms with E-state index < -0.39 is 5.60 Å². The predicted molar refractivity (Wildman–Crippen MR) is 110 cm³/mol. The summed E-state index contributed by atoms with van der Waals surface area (Å²) in [6.07, 6.45) is 2.13. The molecule has 2 rings (SSSR count). The van der Waals surface area contributed by atoms with Crippen LogP contribution in [0.3, 0.4) is 0 Å². The van der Waals surface area contributed by atoms with E-state index in [0.29, 0.717) is 24.4 Å². The molecule has 2 aromatic rings. The van der Waals surface area contributed by atoms with Gasteiger partial charge in [0, 0.05) is 5.56 Å². The monoisotopic (exact) mass is 366 g/mol. The van der Waals surface area contributed by atoms with Gasteiger partial charge in [-0.05, 0) is 31.7 Å². The van der Waals surface area contributed by atoms with Crippen LogP contribution in [0.15, 0.2) is 66.2 Å². The standard InChI is InChI=1S/C24H30O3/c1-5-21(23(25)26-8-4)22(19-15-11-9-12-16-19)27-24(6-2,7-3)20-17-13-10-14-18-20/h9-18H,5-8H2,1-4H3. The Balaban J connectivity index is 2.61. The summed E-state index contributed by atoms with van der Waals surface area (Å²) in [7, 11) is 0. The van der Waals surface area contributed by atoms with Crippen LogP contribution in [0.4, 0.5) is 0 Å². The second-order valence-electron chi connectivity index (χ2n) is 6.42. The minimum Gasteiger partial charge on any atom is -0.481 e. The van der Waals surface area contributed by atoms with Crippen LogP contribution in [0.1, 0.15) is 58.1 Å². The van der Waals surface area contributed by atoms with Gasteiger partial charge in [-0.1, -0.05) is 81.4 Å². The lowest BCUT2D eigenvalue weighted by molar-refractivity contribution is -0.138. The first-order valence-corrected chi connectivity index (χ1v) is 9.82. The number of esters is 1. The molecule has 0 unspecified atom stereocenters. The largest absolute Gasteiger partial charge is 0.481 e. The van der Waals surface area contributed by atoms with Crippen LogP contribution in [-0.4, -0.2) is 12.6 Å². The molecule has 0 N–H and O–H groups in total. The lowest BCUT2D eigenvalue weighted by Crippen LogP contribution is -2.29. The highest BCUT2D eigenvalue weighted by Crippen LogP contribution is 2.39. The number of hydrogen-bond acceptors (Lipinski definition) is 3. The van der Waals surface area contributed by atoms with Gasteiger partial charge in [0.2, 0.25) is 0 Å². The second-order valence-corrected chi connectivity index (χ2v) is 6.42. The van der Waals surface area contributed by atoms with Gasteiger partial charge in [0.05, 0.1) is 12.2 Å². The lowest BCUT2D eigenvalue weighted by Gasteiger charge is -2.35. The highest BCUT2D eigenvalue weighted by atomic mass is 16.5. The zero-order valence-corrected chi connectivity index (χ0v) is 16.8. The molecule has 0 aromatic heterocycles. The van der Waals surface area contributed by atoms with Crippen molar-refractivity contribution in [3.05, 3.63) is 77.4 Å². The first kappa shape index (κ1) is 20.8. The van der Waals surface area contributed by atoms with Crippen molar-refractivity contribution in [2.75, 3.05) is 6.61 Å². The smallest absolute Gasteiger partial charge is 0.337 e. The molecule has 0 aliphatic carbocycles. The van der Waals surface area contributed by atoms with Crippen molar-refractivity contribution >= 4 is 11.7 Å². The summed E-state index contributed by atoms with van der Waals surface area (Å²) >= 11 is 0. The van der Waals surface area contributed by atoms with Gasteiger partial charge in [-0.3, -0.25) is 0 Å². The second kappa shape index (κ2) is 9.96. The number of rotatable bonds is 9. The van der Waals surface area contributed by atoms with E-state index in [4.69, 9.17) is 9.47 Å². The third kappa shape index (κ3) is 4.79. The molecule has 0 amide bonds. The summed E-state index contributed by atoms with van der Waals surface area (Å²) < 4.78 is 12.0. The van der Waals surface area contributed by atoms with Crippen molar-refractivity contribution in [1.82, 2.24) is 0 Å². The molecule has 0 saturated heterocycles.